The Morgan fingerprint density at radius 3 is 2.48 bits per heavy atom. The molecule has 0 aliphatic heterocycles. The monoisotopic (exact) mass is 307 g/mol. The summed E-state index contributed by atoms with van der Waals surface area (Å²) in [5.74, 6) is 0.843. The lowest BCUT2D eigenvalue weighted by molar-refractivity contribution is 0.0772. The first-order chi connectivity index (χ1) is 10.9. The molecule has 23 heavy (non-hydrogen) atoms. The van der Waals surface area contributed by atoms with Crippen molar-refractivity contribution in [2.75, 3.05) is 0 Å². The van der Waals surface area contributed by atoms with Crippen LogP contribution in [0.3, 0.4) is 0 Å². The number of aromatic nitrogens is 1. The molecule has 2 aromatic carbocycles. The average Bonchev–Trinajstić information content (AvgIpc) is 2.95. The molecule has 118 valence electrons. The summed E-state index contributed by atoms with van der Waals surface area (Å²) in [5, 5.41) is 1.04. The molecule has 0 atom stereocenters. The summed E-state index contributed by atoms with van der Waals surface area (Å²) >= 11 is 0. The summed E-state index contributed by atoms with van der Waals surface area (Å²) in [6.45, 7) is 6.30. The van der Waals surface area contributed by atoms with E-state index in [4.69, 9.17) is 4.74 Å². The first-order valence-electron chi connectivity index (χ1n) is 7.78. The Morgan fingerprint density at radius 2 is 1.78 bits per heavy atom. The van der Waals surface area contributed by atoms with Gasteiger partial charge in [0.15, 0.2) is 0 Å². The standard InChI is InChI=1S/C20H21NO2/c1-20(2,3)19(22)21-12-11-16-9-10-17(13-18(16)21)23-14-15-7-5-4-6-8-15/h4-13H,14H2,1-3H3. The van der Waals surface area contributed by atoms with Gasteiger partial charge in [-0.1, -0.05) is 51.1 Å². The summed E-state index contributed by atoms with van der Waals surface area (Å²) in [6.07, 6.45) is 1.83. The second-order valence-electron chi connectivity index (χ2n) is 6.74. The first kappa shape index (κ1) is 15.3. The Labute approximate surface area is 136 Å². The van der Waals surface area contributed by atoms with Gasteiger partial charge >= 0.3 is 0 Å². The summed E-state index contributed by atoms with van der Waals surface area (Å²) in [7, 11) is 0. The SMILES string of the molecule is CC(C)(C)C(=O)n1ccc2ccc(OCc3ccccc3)cc21. The van der Waals surface area contributed by atoms with Gasteiger partial charge in [0.2, 0.25) is 5.91 Å². The van der Waals surface area contributed by atoms with Crippen LogP contribution in [0.5, 0.6) is 5.75 Å². The number of rotatable bonds is 3. The van der Waals surface area contributed by atoms with Gasteiger partial charge in [-0.3, -0.25) is 9.36 Å². The molecule has 0 spiro atoms. The predicted octanol–water partition coefficient (Wildman–Crippen LogP) is 4.91. The van der Waals surface area contributed by atoms with Crippen molar-refractivity contribution < 1.29 is 9.53 Å². The molecule has 0 aliphatic rings. The molecule has 0 saturated heterocycles. The van der Waals surface area contributed by atoms with Gasteiger partial charge < -0.3 is 4.74 Å². The fourth-order valence-corrected chi connectivity index (χ4v) is 2.48. The molecule has 0 aliphatic carbocycles. The molecule has 3 heteroatoms. The predicted molar refractivity (Wildman–Crippen MR) is 92.8 cm³/mol. The summed E-state index contributed by atoms with van der Waals surface area (Å²) in [6, 6.07) is 17.9. The van der Waals surface area contributed by atoms with E-state index < -0.39 is 5.41 Å². The maximum Gasteiger partial charge on any atom is 0.236 e. The Kier molecular flexibility index (Phi) is 3.95. The minimum atomic E-state index is -0.424. The van der Waals surface area contributed by atoms with E-state index in [1.54, 1.807) is 4.57 Å². The van der Waals surface area contributed by atoms with E-state index in [0.717, 1.165) is 22.2 Å². The number of benzene rings is 2. The van der Waals surface area contributed by atoms with Crippen LogP contribution in [0.15, 0.2) is 60.8 Å². The molecule has 0 amide bonds. The highest BCUT2D eigenvalue weighted by atomic mass is 16.5. The molecule has 0 unspecified atom stereocenters. The molecule has 3 nitrogen and oxygen atoms in total. The maximum absolute atomic E-state index is 12.6. The van der Waals surface area contributed by atoms with E-state index in [1.807, 2.05) is 81.6 Å². The van der Waals surface area contributed by atoms with E-state index >= 15 is 0 Å². The minimum absolute atomic E-state index is 0.0766. The van der Waals surface area contributed by atoms with E-state index in [1.165, 1.54) is 0 Å². The normalized spacial score (nSPS) is 11.6. The van der Waals surface area contributed by atoms with Crippen molar-refractivity contribution in [3.05, 3.63) is 66.4 Å². The quantitative estimate of drug-likeness (QED) is 0.688. The van der Waals surface area contributed by atoms with Gasteiger partial charge in [0.25, 0.3) is 0 Å². The lowest BCUT2D eigenvalue weighted by Crippen LogP contribution is -2.25. The van der Waals surface area contributed by atoms with Crippen molar-refractivity contribution in [3.8, 4) is 5.75 Å². The highest BCUT2D eigenvalue weighted by Crippen LogP contribution is 2.26. The van der Waals surface area contributed by atoms with Gasteiger partial charge in [0.05, 0.1) is 5.52 Å². The summed E-state index contributed by atoms with van der Waals surface area (Å²) < 4.78 is 7.58. The molecule has 3 rings (SSSR count). The number of carbonyl (C=O) groups is 1. The average molecular weight is 307 g/mol. The van der Waals surface area contributed by atoms with Crippen molar-refractivity contribution in [2.24, 2.45) is 5.41 Å². The lowest BCUT2D eigenvalue weighted by Gasteiger charge is -2.18. The second kappa shape index (κ2) is 5.92. The van der Waals surface area contributed by atoms with E-state index in [9.17, 15) is 4.79 Å². The Bertz CT molecular complexity index is 826. The van der Waals surface area contributed by atoms with Gasteiger partial charge in [0.1, 0.15) is 12.4 Å². The van der Waals surface area contributed by atoms with Crippen LogP contribution in [0.2, 0.25) is 0 Å². The first-order valence-corrected chi connectivity index (χ1v) is 7.78. The van der Waals surface area contributed by atoms with Gasteiger partial charge in [0, 0.05) is 23.1 Å². The Morgan fingerprint density at radius 1 is 1.04 bits per heavy atom. The van der Waals surface area contributed by atoms with Crippen LogP contribution in [-0.2, 0) is 6.61 Å². The van der Waals surface area contributed by atoms with Crippen LogP contribution >= 0.6 is 0 Å². The highest BCUT2D eigenvalue weighted by molar-refractivity contribution is 5.95. The number of hydrogen-bond donors (Lipinski definition) is 0. The number of nitrogens with zero attached hydrogens (tertiary/aromatic N) is 1. The molecule has 0 radical (unpaired) electrons. The molecular weight excluding hydrogens is 286 g/mol. The third kappa shape index (κ3) is 3.29. The van der Waals surface area contributed by atoms with Gasteiger partial charge in [-0.15, -0.1) is 0 Å². The number of ether oxygens (including phenoxy) is 1. The third-order valence-electron chi connectivity index (χ3n) is 3.77. The van der Waals surface area contributed by atoms with E-state index in [0.29, 0.717) is 6.61 Å². The summed E-state index contributed by atoms with van der Waals surface area (Å²) in [4.78, 5) is 12.6. The van der Waals surface area contributed by atoms with Crippen LogP contribution in [0.4, 0.5) is 0 Å². The van der Waals surface area contributed by atoms with Gasteiger partial charge in [-0.25, -0.2) is 0 Å². The third-order valence-corrected chi connectivity index (χ3v) is 3.77. The molecule has 3 aromatic rings. The summed E-state index contributed by atoms with van der Waals surface area (Å²) in [5.41, 5.74) is 1.58. The zero-order valence-corrected chi connectivity index (χ0v) is 13.7. The van der Waals surface area contributed by atoms with E-state index in [-0.39, 0.29) is 5.91 Å². The van der Waals surface area contributed by atoms with Crippen molar-refractivity contribution >= 4 is 16.8 Å². The van der Waals surface area contributed by atoms with Crippen LogP contribution in [0.25, 0.3) is 10.9 Å². The smallest absolute Gasteiger partial charge is 0.236 e. The van der Waals surface area contributed by atoms with Crippen LogP contribution < -0.4 is 4.74 Å². The van der Waals surface area contributed by atoms with Gasteiger partial charge in [-0.2, -0.15) is 0 Å². The molecule has 1 heterocycles. The second-order valence-corrected chi connectivity index (χ2v) is 6.74. The number of hydrogen-bond acceptors (Lipinski definition) is 2. The topological polar surface area (TPSA) is 31.2 Å². The Balaban J connectivity index is 1.87. The minimum Gasteiger partial charge on any atom is -0.489 e. The van der Waals surface area contributed by atoms with Gasteiger partial charge in [-0.05, 0) is 23.8 Å². The van der Waals surface area contributed by atoms with Crippen LogP contribution in [-0.4, -0.2) is 10.5 Å². The number of fused-ring (bicyclic) bond motifs is 1. The zero-order chi connectivity index (χ0) is 16.4. The molecule has 0 bridgehead atoms. The van der Waals surface area contributed by atoms with Crippen molar-refractivity contribution in [1.29, 1.82) is 0 Å². The highest BCUT2D eigenvalue weighted by Gasteiger charge is 2.24. The van der Waals surface area contributed by atoms with E-state index in [2.05, 4.69) is 0 Å². The maximum atomic E-state index is 12.6. The van der Waals surface area contributed by atoms with Crippen molar-refractivity contribution in [1.82, 2.24) is 4.57 Å². The zero-order valence-electron chi connectivity index (χ0n) is 13.7. The largest absolute Gasteiger partial charge is 0.489 e. The van der Waals surface area contributed by atoms with Crippen molar-refractivity contribution in [3.63, 3.8) is 0 Å². The molecule has 1 aromatic heterocycles. The lowest BCUT2D eigenvalue weighted by atomic mass is 9.95. The molecule has 0 N–H and O–H groups in total. The Hall–Kier alpha value is -2.55. The fourth-order valence-electron chi connectivity index (χ4n) is 2.48. The molecule has 0 saturated carbocycles. The van der Waals surface area contributed by atoms with Crippen LogP contribution in [0, 0.1) is 5.41 Å². The molecule has 0 fully saturated rings. The van der Waals surface area contributed by atoms with Crippen LogP contribution in [0.1, 0.15) is 31.1 Å². The fraction of sp³-hybridized carbons (Fsp3) is 0.250. The number of carbonyl (C=O) groups excluding carboxylic acids is 1. The molecular formula is C20H21NO2. The van der Waals surface area contributed by atoms with Crippen molar-refractivity contribution in [2.45, 2.75) is 27.4 Å².